The van der Waals surface area contributed by atoms with Crippen molar-refractivity contribution in [2.45, 2.75) is 24.0 Å². The highest BCUT2D eigenvalue weighted by Gasteiger charge is 2.23. The molecule has 4 aromatic rings. The second-order valence-corrected chi connectivity index (χ2v) is 11.0. The Morgan fingerprint density at radius 2 is 1.58 bits per heavy atom. The van der Waals surface area contributed by atoms with Gasteiger partial charge in [-0.1, -0.05) is 49.4 Å². The molecule has 0 spiro atoms. The van der Waals surface area contributed by atoms with Gasteiger partial charge in [-0.2, -0.15) is 0 Å². The smallest absolute Gasteiger partial charge is 0.253 e. The summed E-state index contributed by atoms with van der Waals surface area (Å²) in [4.78, 5) is 21.8. The van der Waals surface area contributed by atoms with Crippen molar-refractivity contribution in [3.05, 3.63) is 102 Å². The van der Waals surface area contributed by atoms with Crippen LogP contribution in [-0.2, 0) is 22.0 Å². The summed E-state index contributed by atoms with van der Waals surface area (Å²) in [6.07, 6.45) is 2.60. The summed E-state index contributed by atoms with van der Waals surface area (Å²) < 4.78 is 26.3. The van der Waals surface area contributed by atoms with E-state index in [2.05, 4.69) is 41.1 Å². The third-order valence-electron chi connectivity index (χ3n) is 6.74. The minimum Gasteiger partial charge on any atom is -0.368 e. The lowest BCUT2D eigenvalue weighted by Crippen LogP contribution is -2.48. The van der Waals surface area contributed by atoms with Crippen molar-refractivity contribution in [2.24, 2.45) is 0 Å². The normalized spacial score (nSPS) is 14.2. The van der Waals surface area contributed by atoms with E-state index in [1.165, 1.54) is 11.3 Å². The van der Waals surface area contributed by atoms with Crippen LogP contribution >= 0.6 is 0 Å². The van der Waals surface area contributed by atoms with Crippen molar-refractivity contribution in [2.75, 3.05) is 31.1 Å². The molecule has 0 N–H and O–H groups in total. The monoisotopic (exact) mass is 499 g/mol. The molecule has 0 atom stereocenters. The van der Waals surface area contributed by atoms with Gasteiger partial charge >= 0.3 is 0 Å². The standard InChI is InChI=1S/C29H29N3O3S/c1-2-22-6-3-9-26(20-22)31-16-18-32(19-17-31)29(33)25-13-11-23(12-14-25)21-36(34,35)27-10-4-7-24-8-5-15-30-28(24)27/h3-15,20H,2,16-19,21H2,1H3. The minimum absolute atomic E-state index is 0.0235. The van der Waals surface area contributed by atoms with Gasteiger partial charge in [0.15, 0.2) is 9.84 Å². The summed E-state index contributed by atoms with van der Waals surface area (Å²) in [5.41, 5.74) is 4.20. The number of hydrogen-bond donors (Lipinski definition) is 0. The highest BCUT2D eigenvalue weighted by molar-refractivity contribution is 7.90. The number of amides is 1. The van der Waals surface area contributed by atoms with Crippen LogP contribution in [0.5, 0.6) is 0 Å². The van der Waals surface area contributed by atoms with Gasteiger partial charge in [0.05, 0.1) is 16.2 Å². The van der Waals surface area contributed by atoms with E-state index in [4.69, 9.17) is 0 Å². The predicted octanol–water partition coefficient (Wildman–Crippen LogP) is 4.73. The SMILES string of the molecule is CCc1cccc(N2CCN(C(=O)c3ccc(CS(=O)(=O)c4cccc5cccnc45)cc3)CC2)c1. The molecule has 0 bridgehead atoms. The van der Waals surface area contributed by atoms with Crippen molar-refractivity contribution in [3.63, 3.8) is 0 Å². The van der Waals surface area contributed by atoms with Crippen LogP contribution in [0, 0.1) is 0 Å². The van der Waals surface area contributed by atoms with Gasteiger partial charge in [0, 0.05) is 49.0 Å². The van der Waals surface area contributed by atoms with Crippen LogP contribution in [-0.4, -0.2) is 50.4 Å². The van der Waals surface area contributed by atoms with Gasteiger partial charge in [-0.15, -0.1) is 0 Å². The fraction of sp³-hybridized carbons (Fsp3) is 0.241. The number of aromatic nitrogens is 1. The lowest BCUT2D eigenvalue weighted by molar-refractivity contribution is 0.0747. The molecule has 7 heteroatoms. The molecule has 3 aromatic carbocycles. The molecule has 2 heterocycles. The molecule has 0 radical (unpaired) electrons. The van der Waals surface area contributed by atoms with E-state index in [0.717, 1.165) is 24.9 Å². The van der Waals surface area contributed by atoms with Crippen molar-refractivity contribution < 1.29 is 13.2 Å². The number of aryl methyl sites for hydroxylation is 1. The lowest BCUT2D eigenvalue weighted by atomic mass is 10.1. The van der Waals surface area contributed by atoms with Gasteiger partial charge in [-0.25, -0.2) is 8.42 Å². The zero-order valence-electron chi connectivity index (χ0n) is 20.3. The molecule has 0 saturated carbocycles. The molecule has 0 unspecified atom stereocenters. The van der Waals surface area contributed by atoms with E-state index in [9.17, 15) is 13.2 Å². The molecule has 1 saturated heterocycles. The molecule has 1 fully saturated rings. The van der Waals surface area contributed by atoms with Crippen LogP contribution in [0.4, 0.5) is 5.69 Å². The zero-order valence-corrected chi connectivity index (χ0v) is 21.1. The van der Waals surface area contributed by atoms with Crippen LogP contribution in [0.1, 0.15) is 28.4 Å². The number of carbonyl (C=O) groups is 1. The first-order valence-electron chi connectivity index (χ1n) is 12.2. The van der Waals surface area contributed by atoms with Gasteiger partial charge in [0.25, 0.3) is 5.91 Å². The van der Waals surface area contributed by atoms with Crippen LogP contribution < -0.4 is 4.90 Å². The minimum atomic E-state index is -3.59. The molecule has 1 aliphatic heterocycles. The third-order valence-corrected chi connectivity index (χ3v) is 8.45. The Labute approximate surface area is 212 Å². The van der Waals surface area contributed by atoms with Crippen LogP contribution in [0.3, 0.4) is 0 Å². The van der Waals surface area contributed by atoms with Crippen molar-refractivity contribution in [3.8, 4) is 0 Å². The average molecular weight is 500 g/mol. The van der Waals surface area contributed by atoms with Crippen molar-refractivity contribution in [1.82, 2.24) is 9.88 Å². The fourth-order valence-electron chi connectivity index (χ4n) is 4.69. The number of rotatable bonds is 6. The first kappa shape index (κ1) is 24.0. The van der Waals surface area contributed by atoms with Crippen LogP contribution in [0.2, 0.25) is 0 Å². The molecule has 1 amide bonds. The summed E-state index contributed by atoms with van der Waals surface area (Å²) in [6.45, 7) is 5.03. The van der Waals surface area contributed by atoms with E-state index in [1.54, 1.807) is 48.7 Å². The van der Waals surface area contributed by atoms with E-state index >= 15 is 0 Å². The lowest BCUT2D eigenvalue weighted by Gasteiger charge is -2.36. The Bertz CT molecular complexity index is 1490. The van der Waals surface area contributed by atoms with Crippen LogP contribution in [0.15, 0.2) is 90.0 Å². The largest absolute Gasteiger partial charge is 0.368 e. The number of anilines is 1. The summed E-state index contributed by atoms with van der Waals surface area (Å²) in [5.74, 6) is -0.170. The Morgan fingerprint density at radius 3 is 2.33 bits per heavy atom. The molecule has 1 aromatic heterocycles. The van der Waals surface area contributed by atoms with Gasteiger partial charge in [0.2, 0.25) is 0 Å². The van der Waals surface area contributed by atoms with Crippen molar-refractivity contribution >= 4 is 32.3 Å². The van der Waals surface area contributed by atoms with Crippen molar-refractivity contribution in [1.29, 1.82) is 0 Å². The van der Waals surface area contributed by atoms with Gasteiger partial charge in [-0.3, -0.25) is 9.78 Å². The molecule has 184 valence electrons. The summed E-state index contributed by atoms with van der Waals surface area (Å²) >= 11 is 0. The number of piperazine rings is 1. The Hall–Kier alpha value is -3.71. The quantitative estimate of drug-likeness (QED) is 0.384. The highest BCUT2D eigenvalue weighted by atomic mass is 32.2. The third kappa shape index (κ3) is 4.97. The number of carbonyl (C=O) groups excluding carboxylic acids is 1. The predicted molar refractivity (Wildman–Crippen MR) is 143 cm³/mol. The summed E-state index contributed by atoms with van der Waals surface area (Å²) in [7, 11) is -3.59. The maximum absolute atomic E-state index is 13.1. The number of benzene rings is 3. The van der Waals surface area contributed by atoms with Gasteiger partial charge in [0.1, 0.15) is 0 Å². The van der Waals surface area contributed by atoms with E-state index in [1.807, 2.05) is 17.0 Å². The second kappa shape index (κ2) is 10.1. The Morgan fingerprint density at radius 1 is 0.861 bits per heavy atom. The summed E-state index contributed by atoms with van der Waals surface area (Å²) in [5, 5.41) is 0.790. The van der Waals surface area contributed by atoms with Gasteiger partial charge < -0.3 is 9.80 Å². The maximum atomic E-state index is 13.1. The Kier molecular flexibility index (Phi) is 6.74. The average Bonchev–Trinajstić information content (AvgIpc) is 2.92. The zero-order chi connectivity index (χ0) is 25.1. The second-order valence-electron chi connectivity index (χ2n) is 9.09. The summed E-state index contributed by atoms with van der Waals surface area (Å²) in [6, 6.07) is 24.3. The maximum Gasteiger partial charge on any atom is 0.253 e. The molecule has 5 rings (SSSR count). The van der Waals surface area contributed by atoms with E-state index in [0.29, 0.717) is 29.7 Å². The topological polar surface area (TPSA) is 70.6 Å². The number of hydrogen-bond acceptors (Lipinski definition) is 5. The molecule has 0 aliphatic carbocycles. The van der Waals surface area contributed by atoms with Gasteiger partial charge in [-0.05, 0) is 53.9 Å². The first-order valence-corrected chi connectivity index (χ1v) is 13.9. The van der Waals surface area contributed by atoms with Crippen LogP contribution in [0.25, 0.3) is 10.9 Å². The van der Waals surface area contributed by atoms with E-state index in [-0.39, 0.29) is 16.6 Å². The molecule has 6 nitrogen and oxygen atoms in total. The molecular weight excluding hydrogens is 470 g/mol. The highest BCUT2D eigenvalue weighted by Crippen LogP contribution is 2.25. The number of fused-ring (bicyclic) bond motifs is 1. The number of sulfone groups is 1. The first-order chi connectivity index (χ1) is 17.4. The molecule has 1 aliphatic rings. The number of nitrogens with zero attached hydrogens (tertiary/aromatic N) is 3. The number of para-hydroxylation sites is 1. The Balaban J connectivity index is 1.24. The molecular formula is C29H29N3O3S. The fourth-order valence-corrected chi connectivity index (χ4v) is 6.23. The van der Waals surface area contributed by atoms with E-state index < -0.39 is 9.84 Å². The number of pyridine rings is 1. The molecule has 36 heavy (non-hydrogen) atoms.